The Morgan fingerprint density at radius 2 is 1.74 bits per heavy atom. The summed E-state index contributed by atoms with van der Waals surface area (Å²) in [4.78, 5) is 12.8. The predicted octanol–water partition coefficient (Wildman–Crippen LogP) is 4.98. The second kappa shape index (κ2) is 6.29. The van der Waals surface area contributed by atoms with Crippen LogP contribution in [0.3, 0.4) is 0 Å². The molecule has 0 unspecified atom stereocenters. The van der Waals surface area contributed by atoms with Crippen molar-refractivity contribution in [2.45, 2.75) is 6.42 Å². The van der Waals surface area contributed by atoms with Gasteiger partial charge in [0.05, 0.1) is 5.02 Å². The third-order valence-corrected chi connectivity index (χ3v) is 3.58. The molecule has 0 spiro atoms. The van der Waals surface area contributed by atoms with Gasteiger partial charge in [0.25, 0.3) is 0 Å². The number of carbonyl (C=O) groups is 1. The molecule has 1 nitrogen and oxygen atoms in total. The smallest absolute Gasteiger partial charge is 0.169 e. The summed E-state index contributed by atoms with van der Waals surface area (Å²) in [6, 6.07) is 14.3. The summed E-state index contributed by atoms with van der Waals surface area (Å²) in [7, 11) is 0. The van der Waals surface area contributed by atoms with Gasteiger partial charge in [-0.15, -0.1) is 0 Å². The lowest BCUT2D eigenvalue weighted by Gasteiger charge is -2.05. The highest BCUT2D eigenvalue weighted by atomic mass is 35.5. The normalized spacial score (nSPS) is 10.2. The van der Waals surface area contributed by atoms with E-state index in [2.05, 4.69) is 0 Å². The van der Waals surface area contributed by atoms with E-state index in [1.54, 1.807) is 18.2 Å². The Morgan fingerprint density at radius 3 is 2.37 bits per heavy atom. The highest BCUT2D eigenvalue weighted by Crippen LogP contribution is 2.22. The standard InChI is InChI=1S/C15H10Cl2OS/c16-11-6-7-12(13(17)8-11)14(18)9-15(19)10-4-2-1-3-5-10/h1-8H,9H2. The molecule has 2 rings (SSSR count). The Labute approximate surface area is 127 Å². The van der Waals surface area contributed by atoms with Crippen LogP contribution < -0.4 is 0 Å². The quantitative estimate of drug-likeness (QED) is 0.585. The van der Waals surface area contributed by atoms with Crippen molar-refractivity contribution in [3.05, 3.63) is 69.7 Å². The Bertz CT molecular complexity index is 623. The van der Waals surface area contributed by atoms with Gasteiger partial charge in [-0.05, 0) is 23.8 Å². The summed E-state index contributed by atoms with van der Waals surface area (Å²) in [5.41, 5.74) is 1.33. The molecule has 0 fully saturated rings. The molecule has 0 aliphatic rings. The molecule has 0 aliphatic carbocycles. The molecule has 0 saturated carbocycles. The van der Waals surface area contributed by atoms with Crippen LogP contribution in [-0.4, -0.2) is 10.6 Å². The van der Waals surface area contributed by atoms with Crippen molar-refractivity contribution in [2.75, 3.05) is 0 Å². The van der Waals surface area contributed by atoms with Gasteiger partial charge in [-0.1, -0.05) is 65.8 Å². The minimum atomic E-state index is -0.101. The van der Waals surface area contributed by atoms with Crippen molar-refractivity contribution >= 4 is 46.1 Å². The fraction of sp³-hybridized carbons (Fsp3) is 0.0667. The first-order chi connectivity index (χ1) is 9.08. The van der Waals surface area contributed by atoms with E-state index in [1.165, 1.54) is 0 Å². The van der Waals surface area contributed by atoms with E-state index < -0.39 is 0 Å². The van der Waals surface area contributed by atoms with Crippen LogP contribution in [0.2, 0.25) is 10.0 Å². The van der Waals surface area contributed by atoms with Gasteiger partial charge in [0.15, 0.2) is 5.78 Å². The van der Waals surface area contributed by atoms with Gasteiger partial charge in [0.2, 0.25) is 0 Å². The molecule has 0 atom stereocenters. The highest BCUT2D eigenvalue weighted by molar-refractivity contribution is 7.80. The Morgan fingerprint density at radius 1 is 1.05 bits per heavy atom. The Hall–Kier alpha value is -1.22. The fourth-order valence-electron chi connectivity index (χ4n) is 1.68. The molecule has 0 saturated heterocycles. The van der Waals surface area contributed by atoms with E-state index in [0.717, 1.165) is 5.56 Å². The van der Waals surface area contributed by atoms with Crippen LogP contribution in [0.1, 0.15) is 22.3 Å². The number of rotatable bonds is 4. The zero-order valence-electron chi connectivity index (χ0n) is 9.90. The van der Waals surface area contributed by atoms with Gasteiger partial charge in [0, 0.05) is 21.9 Å². The molecule has 4 heteroatoms. The molecule has 0 aromatic heterocycles. The summed E-state index contributed by atoms with van der Waals surface area (Å²) in [5, 5.41) is 0.862. The lowest BCUT2D eigenvalue weighted by Crippen LogP contribution is -2.08. The van der Waals surface area contributed by atoms with Crippen molar-refractivity contribution in [1.82, 2.24) is 0 Å². The van der Waals surface area contributed by atoms with Crippen molar-refractivity contribution in [3.8, 4) is 0 Å². The average molecular weight is 309 g/mol. The molecule has 0 aliphatic heterocycles. The van der Waals surface area contributed by atoms with E-state index in [9.17, 15) is 4.79 Å². The number of thiocarbonyl (C=S) groups is 1. The Kier molecular flexibility index (Phi) is 4.70. The third kappa shape index (κ3) is 3.63. The molecule has 2 aromatic carbocycles. The summed E-state index contributed by atoms with van der Waals surface area (Å²) >= 11 is 17.1. The summed E-state index contributed by atoms with van der Waals surface area (Å²) in [5.74, 6) is -0.101. The number of hydrogen-bond donors (Lipinski definition) is 0. The monoisotopic (exact) mass is 308 g/mol. The van der Waals surface area contributed by atoms with Crippen LogP contribution >= 0.6 is 35.4 Å². The summed E-state index contributed by atoms with van der Waals surface area (Å²) in [6.45, 7) is 0. The van der Waals surface area contributed by atoms with Gasteiger partial charge < -0.3 is 0 Å². The average Bonchev–Trinajstić information content (AvgIpc) is 2.39. The lowest BCUT2D eigenvalue weighted by molar-refractivity contribution is 0.100. The molecule has 96 valence electrons. The van der Waals surface area contributed by atoms with Crippen molar-refractivity contribution < 1.29 is 4.79 Å². The van der Waals surface area contributed by atoms with Crippen LogP contribution in [0.25, 0.3) is 0 Å². The van der Waals surface area contributed by atoms with Crippen LogP contribution in [0, 0.1) is 0 Å². The molecule has 0 bridgehead atoms. The maximum atomic E-state index is 12.1. The molecule has 2 aromatic rings. The largest absolute Gasteiger partial charge is 0.294 e. The summed E-state index contributed by atoms with van der Waals surface area (Å²) < 4.78 is 0. The van der Waals surface area contributed by atoms with E-state index in [4.69, 9.17) is 35.4 Å². The zero-order chi connectivity index (χ0) is 13.8. The van der Waals surface area contributed by atoms with E-state index in [0.29, 0.717) is 20.5 Å². The van der Waals surface area contributed by atoms with Crippen molar-refractivity contribution in [1.29, 1.82) is 0 Å². The molecule has 0 amide bonds. The first-order valence-corrected chi connectivity index (χ1v) is 6.81. The van der Waals surface area contributed by atoms with Crippen molar-refractivity contribution in [2.24, 2.45) is 0 Å². The number of ketones is 1. The number of carbonyl (C=O) groups excluding carboxylic acids is 1. The second-order valence-electron chi connectivity index (χ2n) is 4.01. The van der Waals surface area contributed by atoms with Crippen LogP contribution in [0.4, 0.5) is 0 Å². The van der Waals surface area contributed by atoms with Crippen LogP contribution in [0.5, 0.6) is 0 Å². The molecule has 0 N–H and O–H groups in total. The van der Waals surface area contributed by atoms with Gasteiger partial charge in [-0.3, -0.25) is 4.79 Å². The van der Waals surface area contributed by atoms with E-state index in [1.807, 2.05) is 30.3 Å². The van der Waals surface area contributed by atoms with E-state index in [-0.39, 0.29) is 12.2 Å². The lowest BCUT2D eigenvalue weighted by atomic mass is 10.0. The van der Waals surface area contributed by atoms with Gasteiger partial charge in [0.1, 0.15) is 0 Å². The Balaban J connectivity index is 2.15. The first-order valence-electron chi connectivity index (χ1n) is 5.64. The van der Waals surface area contributed by atoms with Gasteiger partial charge in [-0.25, -0.2) is 0 Å². The molecule has 19 heavy (non-hydrogen) atoms. The molecule has 0 heterocycles. The second-order valence-corrected chi connectivity index (χ2v) is 5.35. The third-order valence-electron chi connectivity index (χ3n) is 2.65. The van der Waals surface area contributed by atoms with Crippen LogP contribution in [0.15, 0.2) is 48.5 Å². The molecular weight excluding hydrogens is 299 g/mol. The maximum absolute atomic E-state index is 12.1. The molecular formula is C15H10Cl2OS. The van der Waals surface area contributed by atoms with E-state index >= 15 is 0 Å². The number of hydrogen-bond acceptors (Lipinski definition) is 2. The highest BCUT2D eigenvalue weighted by Gasteiger charge is 2.13. The maximum Gasteiger partial charge on any atom is 0.169 e. The SMILES string of the molecule is O=C(CC(=S)c1ccccc1)c1ccc(Cl)cc1Cl. The fourth-order valence-corrected chi connectivity index (χ4v) is 2.46. The predicted molar refractivity (Wildman–Crippen MR) is 83.6 cm³/mol. The number of Topliss-reactive ketones (excluding diaryl/α,β-unsaturated/α-hetero) is 1. The zero-order valence-corrected chi connectivity index (χ0v) is 12.2. The number of halogens is 2. The first kappa shape index (κ1) is 14.2. The number of benzene rings is 2. The topological polar surface area (TPSA) is 17.1 Å². The molecule has 0 radical (unpaired) electrons. The van der Waals surface area contributed by atoms with Crippen molar-refractivity contribution in [3.63, 3.8) is 0 Å². The van der Waals surface area contributed by atoms with Gasteiger partial charge in [-0.2, -0.15) is 0 Å². The summed E-state index contributed by atoms with van der Waals surface area (Å²) in [6.07, 6.45) is 0.167. The minimum absolute atomic E-state index is 0.101. The minimum Gasteiger partial charge on any atom is -0.294 e. The van der Waals surface area contributed by atoms with Crippen LogP contribution in [-0.2, 0) is 0 Å². The van der Waals surface area contributed by atoms with Gasteiger partial charge >= 0.3 is 0 Å².